The van der Waals surface area contributed by atoms with E-state index in [0.717, 1.165) is 0 Å². The molecule has 5 aromatic rings. The number of fused-ring (bicyclic) bond motifs is 3. The summed E-state index contributed by atoms with van der Waals surface area (Å²) in [5.74, 6) is -0.435. The van der Waals surface area contributed by atoms with Gasteiger partial charge in [0.2, 0.25) is 0 Å². The van der Waals surface area contributed by atoms with Crippen molar-refractivity contribution in [3.8, 4) is 22.3 Å². The third-order valence-electron chi connectivity index (χ3n) is 10.7. The zero-order valence-corrected chi connectivity index (χ0v) is 32.7. The van der Waals surface area contributed by atoms with Crippen molar-refractivity contribution in [3.05, 3.63) is 141 Å². The molecular formula is C44H47SiZr. The van der Waals surface area contributed by atoms with Gasteiger partial charge in [-0.15, -0.1) is 0 Å². The number of benzene rings is 5. The van der Waals surface area contributed by atoms with Crippen molar-refractivity contribution in [2.75, 3.05) is 0 Å². The van der Waals surface area contributed by atoms with Gasteiger partial charge in [0.15, 0.2) is 0 Å². The van der Waals surface area contributed by atoms with Crippen LogP contribution in [-0.4, -0.2) is 5.92 Å². The van der Waals surface area contributed by atoms with Crippen LogP contribution in [0.25, 0.3) is 45.2 Å². The first kappa shape index (κ1) is 31.5. The Kier molecular flexibility index (Phi) is 8.36. The van der Waals surface area contributed by atoms with Crippen molar-refractivity contribution >= 4 is 28.8 Å². The van der Waals surface area contributed by atoms with Gasteiger partial charge >= 0.3 is 287 Å². The second-order valence-corrected chi connectivity index (χ2v) is 34.6. The molecule has 0 spiro atoms. The number of aryl methyl sites for hydroxylation is 4. The van der Waals surface area contributed by atoms with Gasteiger partial charge < -0.3 is 0 Å². The number of allylic oxidation sites excluding steroid dienone is 2. The van der Waals surface area contributed by atoms with Crippen molar-refractivity contribution in [1.82, 2.24) is 0 Å². The normalized spacial score (nSPS) is 17.0. The Morgan fingerprint density at radius 3 is 2.02 bits per heavy atom. The first-order chi connectivity index (χ1) is 22.1. The number of hydrogen-bond acceptors (Lipinski definition) is 0. The molecular weight excluding hydrogens is 648 g/mol. The SMILES string of the molecule is CC1=Cc2c(-c3cccc4ccccc34)ccc(C)c2[CH]1[Zr]([CH]1C(C(C)C)=Cc2c(-c3c(C)cc(C)cc3C)cccc21)[SiH](C)C. The quantitative estimate of drug-likeness (QED) is 0.155. The van der Waals surface area contributed by atoms with Gasteiger partial charge in [0.05, 0.1) is 0 Å². The molecule has 0 N–H and O–H groups in total. The zero-order valence-electron chi connectivity index (χ0n) is 29.0. The van der Waals surface area contributed by atoms with E-state index in [-0.39, 0.29) is 0 Å². The molecule has 2 heteroatoms. The second kappa shape index (κ2) is 12.2. The molecule has 2 aliphatic rings. The molecule has 0 nitrogen and oxygen atoms in total. The van der Waals surface area contributed by atoms with Gasteiger partial charge in [-0.05, 0) is 0 Å². The van der Waals surface area contributed by atoms with Gasteiger partial charge in [-0.3, -0.25) is 0 Å². The fourth-order valence-electron chi connectivity index (χ4n) is 8.90. The number of hydrogen-bond donors (Lipinski definition) is 0. The van der Waals surface area contributed by atoms with Crippen LogP contribution in [-0.2, 0) is 20.9 Å². The van der Waals surface area contributed by atoms with Crippen LogP contribution in [0.15, 0.2) is 96.1 Å². The van der Waals surface area contributed by atoms with E-state index in [2.05, 4.69) is 159 Å². The average molecular weight is 695 g/mol. The van der Waals surface area contributed by atoms with Crippen LogP contribution in [0.4, 0.5) is 0 Å². The Balaban J connectivity index is 1.41. The van der Waals surface area contributed by atoms with Gasteiger partial charge in [0, 0.05) is 0 Å². The molecule has 0 fully saturated rings. The summed E-state index contributed by atoms with van der Waals surface area (Å²) in [4.78, 5) is 0. The standard InChI is InChI=1S/C21H17.C21H23.C2H7Si.Zr/c1-14-12-20-15(2)10-11-19(21(20)13-14)18-9-5-7-16-6-3-4-8-17(16)18;1-13(2)18-11-17-7-6-8-19(20(17)12-18)21-15(4)9-14(3)10-16(21)5;1-3-2;/h3-13H,1-2H3;6-13H,1-5H3;3H,1-2H3;. The molecule has 7 rings (SSSR count). The Hall–Kier alpha value is -3.06. The van der Waals surface area contributed by atoms with Crippen LogP contribution >= 0.6 is 0 Å². The van der Waals surface area contributed by atoms with Crippen LogP contribution in [0.5, 0.6) is 0 Å². The predicted octanol–water partition coefficient (Wildman–Crippen LogP) is 12.3. The molecule has 0 saturated heterocycles. The first-order valence-electron chi connectivity index (χ1n) is 17.2. The predicted molar refractivity (Wildman–Crippen MR) is 201 cm³/mol. The molecule has 0 aromatic heterocycles. The maximum atomic E-state index is 2.69. The van der Waals surface area contributed by atoms with Gasteiger partial charge in [-0.25, -0.2) is 0 Å². The van der Waals surface area contributed by atoms with Crippen LogP contribution in [0.2, 0.25) is 13.1 Å². The fourth-order valence-corrected chi connectivity index (χ4v) is 32.4. The molecule has 2 atom stereocenters. The average Bonchev–Trinajstić information content (AvgIpc) is 3.56. The third kappa shape index (κ3) is 5.12. The summed E-state index contributed by atoms with van der Waals surface area (Å²) < 4.78 is 1.26. The molecule has 0 heterocycles. The monoisotopic (exact) mass is 693 g/mol. The minimum absolute atomic E-state index is 0.544. The minimum atomic E-state index is -2.22. The molecule has 0 saturated carbocycles. The topological polar surface area (TPSA) is 0 Å². The van der Waals surface area contributed by atoms with Crippen LogP contribution in [0, 0.1) is 33.6 Å². The molecule has 2 aliphatic carbocycles. The van der Waals surface area contributed by atoms with Crippen molar-refractivity contribution in [2.24, 2.45) is 5.92 Å². The Morgan fingerprint density at radius 1 is 0.630 bits per heavy atom. The van der Waals surface area contributed by atoms with E-state index in [1.165, 1.54) is 66.4 Å². The summed E-state index contributed by atoms with van der Waals surface area (Å²) in [6, 6.07) is 32.6. The summed E-state index contributed by atoms with van der Waals surface area (Å²) in [6.45, 7) is 22.0. The van der Waals surface area contributed by atoms with Crippen molar-refractivity contribution < 1.29 is 20.9 Å². The molecule has 46 heavy (non-hydrogen) atoms. The van der Waals surface area contributed by atoms with E-state index in [4.69, 9.17) is 0 Å². The molecule has 231 valence electrons. The van der Waals surface area contributed by atoms with E-state index in [1.807, 2.05) is 0 Å². The Labute approximate surface area is 285 Å². The Bertz CT molecular complexity index is 2050. The summed E-state index contributed by atoms with van der Waals surface area (Å²) in [5, 5.41) is 2.67. The van der Waals surface area contributed by atoms with E-state index >= 15 is 0 Å². The van der Waals surface area contributed by atoms with Gasteiger partial charge in [-0.2, -0.15) is 0 Å². The van der Waals surface area contributed by atoms with Crippen molar-refractivity contribution in [1.29, 1.82) is 0 Å². The zero-order chi connectivity index (χ0) is 32.4. The number of rotatable bonds is 6. The molecule has 5 aromatic carbocycles. The van der Waals surface area contributed by atoms with Crippen LogP contribution in [0.3, 0.4) is 0 Å². The first-order valence-corrected chi connectivity index (χ1v) is 27.1. The maximum absolute atomic E-state index is 2.69. The summed E-state index contributed by atoms with van der Waals surface area (Å²) >= 11 is -2.22. The summed E-state index contributed by atoms with van der Waals surface area (Å²) in [6.07, 6.45) is 5.26. The van der Waals surface area contributed by atoms with E-state index in [9.17, 15) is 0 Å². The molecule has 0 radical (unpaired) electrons. The molecule has 0 bridgehead atoms. The fraction of sp³-hybridized carbons (Fsp3) is 0.273. The molecule has 0 aliphatic heterocycles. The van der Waals surface area contributed by atoms with Crippen LogP contribution < -0.4 is 0 Å². The van der Waals surface area contributed by atoms with Crippen LogP contribution in [0.1, 0.15) is 72.5 Å². The second-order valence-electron chi connectivity index (χ2n) is 14.6. The molecule has 2 unspecified atom stereocenters. The van der Waals surface area contributed by atoms with Gasteiger partial charge in [-0.1, -0.05) is 0 Å². The Morgan fingerprint density at radius 2 is 1.30 bits per heavy atom. The van der Waals surface area contributed by atoms with E-state index in [1.54, 1.807) is 22.3 Å². The summed E-state index contributed by atoms with van der Waals surface area (Å²) in [7, 11) is 0. The molecule has 0 amide bonds. The van der Waals surface area contributed by atoms with Gasteiger partial charge in [0.25, 0.3) is 0 Å². The van der Waals surface area contributed by atoms with Crippen molar-refractivity contribution in [2.45, 2.75) is 68.8 Å². The van der Waals surface area contributed by atoms with Crippen molar-refractivity contribution in [3.63, 3.8) is 0 Å². The van der Waals surface area contributed by atoms with E-state index in [0.29, 0.717) is 13.2 Å². The van der Waals surface area contributed by atoms with E-state index < -0.39 is 26.8 Å². The van der Waals surface area contributed by atoms with Gasteiger partial charge in [0.1, 0.15) is 0 Å². The third-order valence-corrected chi connectivity index (χ3v) is 32.5. The summed E-state index contributed by atoms with van der Waals surface area (Å²) in [5.41, 5.74) is 20.9.